The van der Waals surface area contributed by atoms with Gasteiger partial charge in [-0.25, -0.2) is 19.3 Å². The summed E-state index contributed by atoms with van der Waals surface area (Å²) >= 11 is 1.46. The van der Waals surface area contributed by atoms with Gasteiger partial charge in [-0.05, 0) is 68.1 Å². The molecular formula is C25H24FN5OS. The van der Waals surface area contributed by atoms with E-state index in [0.717, 1.165) is 45.9 Å². The topological polar surface area (TPSA) is 71.0 Å². The van der Waals surface area contributed by atoms with E-state index < -0.39 is 0 Å². The largest absolute Gasteiger partial charge is 0.368 e. The summed E-state index contributed by atoms with van der Waals surface area (Å²) in [6, 6.07) is 14.1. The number of aromatic nitrogens is 3. The molecule has 1 aromatic carbocycles. The van der Waals surface area contributed by atoms with Crippen LogP contribution in [0.5, 0.6) is 0 Å². The molecule has 1 aliphatic rings. The summed E-state index contributed by atoms with van der Waals surface area (Å²) < 4.78 is 13.4. The molecule has 0 spiro atoms. The second-order valence-electron chi connectivity index (χ2n) is 8.19. The van der Waals surface area contributed by atoms with Crippen molar-refractivity contribution in [3.8, 4) is 10.4 Å². The first-order chi connectivity index (χ1) is 16.1. The van der Waals surface area contributed by atoms with Crippen LogP contribution in [0.4, 0.5) is 10.2 Å². The molecule has 0 bridgehead atoms. The number of nitrogens with one attached hydrogen (secondary N) is 1. The van der Waals surface area contributed by atoms with Gasteiger partial charge in [0.2, 0.25) is 0 Å². The standard InChI is InChI=1S/C25H24FN5OS/c1-16-29-22(23(33-16)17-7-10-19(26)11-8-17)25(32)31-14-3-2-6-20(31)15-28-21-12-9-18-5-4-13-27-24(18)30-21/h4-5,7-13,20H,2-3,6,14-15H2,1H3,(H,27,28,30)/t20-/m0/s1. The Labute approximate surface area is 195 Å². The summed E-state index contributed by atoms with van der Waals surface area (Å²) in [5.41, 5.74) is 1.95. The highest BCUT2D eigenvalue weighted by Crippen LogP contribution is 2.32. The molecule has 1 atom stereocenters. The van der Waals surface area contributed by atoms with Crippen LogP contribution in [0.3, 0.4) is 0 Å². The van der Waals surface area contributed by atoms with E-state index in [9.17, 15) is 9.18 Å². The molecular weight excluding hydrogens is 437 g/mol. The van der Waals surface area contributed by atoms with Gasteiger partial charge >= 0.3 is 0 Å². The van der Waals surface area contributed by atoms with Gasteiger partial charge in [-0.15, -0.1) is 11.3 Å². The maximum Gasteiger partial charge on any atom is 0.274 e. The number of carbonyl (C=O) groups excluding carboxylic acids is 1. The number of nitrogens with zero attached hydrogens (tertiary/aromatic N) is 4. The van der Waals surface area contributed by atoms with Crippen LogP contribution in [0.2, 0.25) is 0 Å². The number of carbonyl (C=O) groups is 1. The summed E-state index contributed by atoms with van der Waals surface area (Å²) in [5, 5.41) is 5.20. The molecule has 0 unspecified atom stereocenters. The molecule has 3 aromatic heterocycles. The predicted octanol–water partition coefficient (Wildman–Crippen LogP) is 5.31. The molecule has 33 heavy (non-hydrogen) atoms. The molecule has 1 N–H and O–H groups in total. The molecule has 0 saturated carbocycles. The Morgan fingerprint density at radius 2 is 2.00 bits per heavy atom. The number of likely N-dealkylation sites (tertiary alicyclic amines) is 1. The molecule has 4 heterocycles. The van der Waals surface area contributed by atoms with Crippen LogP contribution in [0, 0.1) is 12.7 Å². The fourth-order valence-electron chi connectivity index (χ4n) is 4.26. The molecule has 1 amide bonds. The van der Waals surface area contributed by atoms with Crippen molar-refractivity contribution >= 4 is 34.1 Å². The molecule has 4 aromatic rings. The van der Waals surface area contributed by atoms with E-state index in [-0.39, 0.29) is 17.8 Å². The van der Waals surface area contributed by atoms with E-state index in [4.69, 9.17) is 0 Å². The molecule has 1 saturated heterocycles. The molecule has 8 heteroatoms. The summed E-state index contributed by atoms with van der Waals surface area (Å²) in [4.78, 5) is 29.8. The highest BCUT2D eigenvalue weighted by atomic mass is 32.1. The smallest absolute Gasteiger partial charge is 0.274 e. The Bertz CT molecular complexity index is 1290. The fourth-order valence-corrected chi connectivity index (χ4v) is 5.17. The zero-order valence-electron chi connectivity index (χ0n) is 18.3. The number of aryl methyl sites for hydroxylation is 1. The summed E-state index contributed by atoms with van der Waals surface area (Å²) in [6.45, 7) is 3.19. The third-order valence-corrected chi connectivity index (χ3v) is 6.93. The Morgan fingerprint density at radius 1 is 1.15 bits per heavy atom. The van der Waals surface area contributed by atoms with Crippen molar-refractivity contribution in [3.63, 3.8) is 0 Å². The quantitative estimate of drug-likeness (QED) is 0.436. The number of rotatable bonds is 5. The lowest BCUT2D eigenvalue weighted by atomic mass is 10.0. The number of fused-ring (bicyclic) bond motifs is 1. The van der Waals surface area contributed by atoms with Crippen molar-refractivity contribution < 1.29 is 9.18 Å². The molecule has 6 nitrogen and oxygen atoms in total. The molecule has 0 radical (unpaired) electrons. The highest BCUT2D eigenvalue weighted by molar-refractivity contribution is 7.15. The van der Waals surface area contributed by atoms with Crippen LogP contribution in [-0.2, 0) is 0 Å². The maximum atomic E-state index is 13.6. The average Bonchev–Trinajstić information content (AvgIpc) is 3.24. The first kappa shape index (κ1) is 21.5. The lowest BCUT2D eigenvalue weighted by molar-refractivity contribution is 0.0623. The van der Waals surface area contributed by atoms with E-state index in [1.54, 1.807) is 18.3 Å². The number of thiazole rings is 1. The molecule has 168 valence electrons. The second-order valence-corrected chi connectivity index (χ2v) is 9.40. The minimum atomic E-state index is -0.299. The van der Waals surface area contributed by atoms with Crippen molar-refractivity contribution in [2.45, 2.75) is 32.2 Å². The number of hydrogen-bond acceptors (Lipinski definition) is 6. The number of pyridine rings is 2. The van der Waals surface area contributed by atoms with Crippen molar-refractivity contribution in [2.24, 2.45) is 0 Å². The fraction of sp³-hybridized carbons (Fsp3) is 0.280. The second kappa shape index (κ2) is 9.23. The minimum absolute atomic E-state index is 0.0375. The first-order valence-electron chi connectivity index (χ1n) is 11.1. The average molecular weight is 462 g/mol. The van der Waals surface area contributed by atoms with E-state index >= 15 is 0 Å². The molecule has 1 aliphatic heterocycles. The van der Waals surface area contributed by atoms with E-state index in [0.29, 0.717) is 24.4 Å². The monoisotopic (exact) mass is 461 g/mol. The Hall–Kier alpha value is -3.39. The number of piperidine rings is 1. The predicted molar refractivity (Wildman–Crippen MR) is 129 cm³/mol. The molecule has 5 rings (SSSR count). The Morgan fingerprint density at radius 3 is 2.85 bits per heavy atom. The van der Waals surface area contributed by atoms with Crippen LogP contribution in [0.1, 0.15) is 34.8 Å². The number of halogens is 1. The number of benzene rings is 1. The third kappa shape index (κ3) is 4.57. The van der Waals surface area contributed by atoms with E-state index in [1.165, 1.54) is 23.5 Å². The van der Waals surface area contributed by atoms with Gasteiger partial charge in [0.1, 0.15) is 17.3 Å². The Balaban J connectivity index is 1.36. The zero-order valence-corrected chi connectivity index (χ0v) is 19.1. The van der Waals surface area contributed by atoms with Gasteiger partial charge < -0.3 is 10.2 Å². The minimum Gasteiger partial charge on any atom is -0.368 e. The van der Waals surface area contributed by atoms with Gasteiger partial charge in [-0.2, -0.15) is 0 Å². The molecule has 1 fully saturated rings. The van der Waals surface area contributed by atoms with Crippen molar-refractivity contribution in [1.29, 1.82) is 0 Å². The van der Waals surface area contributed by atoms with Crippen LogP contribution in [0.15, 0.2) is 54.7 Å². The number of amides is 1. The highest BCUT2D eigenvalue weighted by Gasteiger charge is 2.31. The van der Waals surface area contributed by atoms with Gasteiger partial charge in [0.15, 0.2) is 5.65 Å². The first-order valence-corrected chi connectivity index (χ1v) is 11.9. The van der Waals surface area contributed by atoms with Gasteiger partial charge in [0.25, 0.3) is 5.91 Å². The van der Waals surface area contributed by atoms with Gasteiger partial charge in [0, 0.05) is 30.7 Å². The summed E-state index contributed by atoms with van der Waals surface area (Å²) in [6.07, 6.45) is 4.69. The van der Waals surface area contributed by atoms with E-state index in [2.05, 4.69) is 20.3 Å². The van der Waals surface area contributed by atoms with Crippen LogP contribution in [-0.4, -0.2) is 44.9 Å². The maximum absolute atomic E-state index is 13.6. The van der Waals surface area contributed by atoms with Crippen molar-refractivity contribution in [2.75, 3.05) is 18.4 Å². The van der Waals surface area contributed by atoms with Gasteiger partial charge in [-0.1, -0.05) is 12.1 Å². The van der Waals surface area contributed by atoms with Crippen molar-refractivity contribution in [1.82, 2.24) is 19.9 Å². The third-order valence-electron chi connectivity index (χ3n) is 5.91. The summed E-state index contributed by atoms with van der Waals surface area (Å²) in [7, 11) is 0. The van der Waals surface area contributed by atoms with Crippen LogP contribution >= 0.6 is 11.3 Å². The molecule has 0 aliphatic carbocycles. The van der Waals surface area contributed by atoms with Gasteiger partial charge in [0.05, 0.1) is 9.88 Å². The van der Waals surface area contributed by atoms with Crippen LogP contribution in [0.25, 0.3) is 21.5 Å². The normalized spacial score (nSPS) is 16.2. The lowest BCUT2D eigenvalue weighted by Crippen LogP contribution is -2.47. The number of hydrogen-bond donors (Lipinski definition) is 1. The SMILES string of the molecule is Cc1nc(C(=O)N2CCCC[C@H]2CNc2ccc3cccnc3n2)c(-c2ccc(F)cc2)s1. The number of anilines is 1. The lowest BCUT2D eigenvalue weighted by Gasteiger charge is -2.35. The zero-order chi connectivity index (χ0) is 22.8. The summed E-state index contributed by atoms with van der Waals surface area (Å²) in [5.74, 6) is 0.376. The van der Waals surface area contributed by atoms with E-state index in [1.807, 2.05) is 36.1 Å². The van der Waals surface area contributed by atoms with Crippen LogP contribution < -0.4 is 5.32 Å². The Kier molecular flexibility index (Phi) is 6.00. The van der Waals surface area contributed by atoms with Gasteiger partial charge in [-0.3, -0.25) is 4.79 Å². The van der Waals surface area contributed by atoms with Crippen molar-refractivity contribution in [3.05, 3.63) is 71.2 Å².